The van der Waals surface area contributed by atoms with Crippen LogP contribution in [0.15, 0.2) is 29.2 Å². The van der Waals surface area contributed by atoms with E-state index in [9.17, 15) is 17.6 Å². The van der Waals surface area contributed by atoms with Crippen LogP contribution >= 0.6 is 0 Å². The summed E-state index contributed by atoms with van der Waals surface area (Å²) >= 11 is 0. The average molecular weight is 343 g/mol. The van der Waals surface area contributed by atoms with E-state index in [1.54, 1.807) is 0 Å². The molecular formula is C15H22FN3O3S. The van der Waals surface area contributed by atoms with Crippen molar-refractivity contribution in [1.29, 1.82) is 0 Å². The highest BCUT2D eigenvalue weighted by molar-refractivity contribution is 7.89. The van der Waals surface area contributed by atoms with Gasteiger partial charge in [0.25, 0.3) is 0 Å². The topological polar surface area (TPSA) is 69.7 Å². The smallest absolute Gasteiger partial charge is 0.243 e. The zero-order valence-corrected chi connectivity index (χ0v) is 14.1. The van der Waals surface area contributed by atoms with Crippen LogP contribution in [0.3, 0.4) is 0 Å². The molecule has 0 spiro atoms. The van der Waals surface area contributed by atoms with Crippen LogP contribution in [0, 0.1) is 5.82 Å². The Morgan fingerprint density at radius 2 is 1.87 bits per heavy atom. The molecule has 1 amide bonds. The van der Waals surface area contributed by atoms with Crippen molar-refractivity contribution in [2.75, 3.05) is 33.7 Å². The first-order valence-corrected chi connectivity index (χ1v) is 8.93. The first-order valence-electron chi connectivity index (χ1n) is 7.49. The van der Waals surface area contributed by atoms with Crippen molar-refractivity contribution in [2.45, 2.75) is 23.8 Å². The van der Waals surface area contributed by atoms with E-state index in [1.165, 1.54) is 19.2 Å². The Labute approximate surface area is 136 Å². The van der Waals surface area contributed by atoms with Gasteiger partial charge in [-0.15, -0.1) is 0 Å². The van der Waals surface area contributed by atoms with Crippen molar-refractivity contribution in [2.24, 2.45) is 0 Å². The van der Waals surface area contributed by atoms with Gasteiger partial charge in [0.05, 0.1) is 11.4 Å². The molecule has 1 aliphatic rings. The number of likely N-dealkylation sites (N-methyl/N-ethyl adjacent to an activating group) is 1. The number of nitrogens with one attached hydrogen (secondary N) is 1. The molecule has 1 fully saturated rings. The monoisotopic (exact) mass is 343 g/mol. The molecule has 1 saturated heterocycles. The Hall–Kier alpha value is -1.51. The predicted molar refractivity (Wildman–Crippen MR) is 84.9 cm³/mol. The quantitative estimate of drug-likeness (QED) is 0.853. The Bertz CT molecular complexity index is 640. The Morgan fingerprint density at radius 1 is 1.30 bits per heavy atom. The summed E-state index contributed by atoms with van der Waals surface area (Å²) in [5.41, 5.74) is 0. The van der Waals surface area contributed by atoms with E-state index in [0.717, 1.165) is 42.4 Å². The number of rotatable bonds is 5. The van der Waals surface area contributed by atoms with E-state index in [2.05, 4.69) is 10.2 Å². The fraction of sp³-hybridized carbons (Fsp3) is 0.533. The van der Waals surface area contributed by atoms with Crippen molar-refractivity contribution < 1.29 is 17.6 Å². The zero-order chi connectivity index (χ0) is 17.0. The molecule has 1 aliphatic heterocycles. The van der Waals surface area contributed by atoms with Crippen molar-refractivity contribution in [1.82, 2.24) is 14.5 Å². The van der Waals surface area contributed by atoms with Gasteiger partial charge in [0, 0.05) is 13.1 Å². The molecule has 0 saturated carbocycles. The van der Waals surface area contributed by atoms with Gasteiger partial charge < -0.3 is 10.2 Å². The molecule has 0 aromatic heterocycles. The van der Waals surface area contributed by atoms with Crippen molar-refractivity contribution in [3.05, 3.63) is 30.1 Å². The standard InChI is InChI=1S/C15H22FN3O3S/c1-18-9-7-13(8-10-18)17-15(20)11-19(2)23(21,22)14-5-3-12(16)4-6-14/h3-6,13H,7-11H2,1-2H3,(H,17,20). The fourth-order valence-corrected chi connectivity index (χ4v) is 3.63. The Balaban J connectivity index is 1.93. The van der Waals surface area contributed by atoms with E-state index in [-0.39, 0.29) is 23.4 Å². The maximum absolute atomic E-state index is 12.9. The highest BCUT2D eigenvalue weighted by Crippen LogP contribution is 2.15. The second-order valence-electron chi connectivity index (χ2n) is 5.86. The summed E-state index contributed by atoms with van der Waals surface area (Å²) in [6.45, 7) is 1.56. The Morgan fingerprint density at radius 3 is 2.43 bits per heavy atom. The molecule has 6 nitrogen and oxygen atoms in total. The summed E-state index contributed by atoms with van der Waals surface area (Å²) in [6, 6.07) is 4.63. The van der Waals surface area contributed by atoms with E-state index in [0.29, 0.717) is 0 Å². The minimum atomic E-state index is -3.80. The van der Waals surface area contributed by atoms with Crippen LogP contribution in [0.25, 0.3) is 0 Å². The van der Waals surface area contributed by atoms with Crippen molar-refractivity contribution in [3.63, 3.8) is 0 Å². The summed E-state index contributed by atoms with van der Waals surface area (Å²) in [5, 5.41) is 2.87. The maximum atomic E-state index is 12.9. The molecule has 0 aliphatic carbocycles. The third-order valence-corrected chi connectivity index (χ3v) is 5.79. The Kier molecular flexibility index (Phi) is 5.72. The maximum Gasteiger partial charge on any atom is 0.243 e. The molecular weight excluding hydrogens is 321 g/mol. The normalized spacial score (nSPS) is 17.4. The van der Waals surface area contributed by atoms with Crippen LogP contribution in [0.1, 0.15) is 12.8 Å². The van der Waals surface area contributed by atoms with Gasteiger partial charge in [0.2, 0.25) is 15.9 Å². The highest BCUT2D eigenvalue weighted by Gasteiger charge is 2.25. The fourth-order valence-electron chi connectivity index (χ4n) is 2.50. The van der Waals surface area contributed by atoms with Gasteiger partial charge in [0.1, 0.15) is 5.82 Å². The molecule has 1 heterocycles. The summed E-state index contributed by atoms with van der Waals surface area (Å²) < 4.78 is 38.5. The molecule has 0 unspecified atom stereocenters. The SMILES string of the molecule is CN1CCC(NC(=O)CN(C)S(=O)(=O)c2ccc(F)cc2)CC1. The number of nitrogens with zero attached hydrogens (tertiary/aromatic N) is 2. The summed E-state index contributed by atoms with van der Waals surface area (Å²) in [4.78, 5) is 14.2. The number of carbonyl (C=O) groups is 1. The number of amides is 1. The van der Waals surface area contributed by atoms with Gasteiger partial charge >= 0.3 is 0 Å². The van der Waals surface area contributed by atoms with E-state index in [4.69, 9.17) is 0 Å². The van der Waals surface area contributed by atoms with E-state index < -0.39 is 15.8 Å². The first kappa shape index (κ1) is 17.8. The van der Waals surface area contributed by atoms with E-state index in [1.807, 2.05) is 7.05 Å². The van der Waals surface area contributed by atoms with Gasteiger partial charge in [-0.2, -0.15) is 4.31 Å². The molecule has 0 bridgehead atoms. The van der Waals surface area contributed by atoms with Crippen LogP contribution in [0.4, 0.5) is 4.39 Å². The predicted octanol–water partition coefficient (Wildman–Crippen LogP) is 0.657. The molecule has 128 valence electrons. The minimum Gasteiger partial charge on any atom is -0.352 e. The van der Waals surface area contributed by atoms with Crippen LogP contribution in [0.5, 0.6) is 0 Å². The molecule has 23 heavy (non-hydrogen) atoms. The molecule has 0 atom stereocenters. The summed E-state index contributed by atoms with van der Waals surface area (Å²) in [6.07, 6.45) is 1.72. The van der Waals surface area contributed by atoms with Crippen LogP contribution in [-0.2, 0) is 14.8 Å². The third-order valence-electron chi connectivity index (χ3n) is 3.97. The van der Waals surface area contributed by atoms with Gasteiger partial charge in [-0.25, -0.2) is 12.8 Å². The van der Waals surface area contributed by atoms with Gasteiger partial charge in [-0.3, -0.25) is 4.79 Å². The largest absolute Gasteiger partial charge is 0.352 e. The zero-order valence-electron chi connectivity index (χ0n) is 13.3. The van der Waals surface area contributed by atoms with Crippen LogP contribution in [0.2, 0.25) is 0 Å². The highest BCUT2D eigenvalue weighted by atomic mass is 32.2. The number of carbonyl (C=O) groups excluding carboxylic acids is 1. The minimum absolute atomic E-state index is 0.0338. The average Bonchev–Trinajstić information content (AvgIpc) is 2.50. The van der Waals surface area contributed by atoms with Crippen molar-refractivity contribution in [3.8, 4) is 0 Å². The van der Waals surface area contributed by atoms with Gasteiger partial charge in [-0.1, -0.05) is 0 Å². The number of piperidine rings is 1. The summed E-state index contributed by atoms with van der Waals surface area (Å²) in [5.74, 6) is -0.834. The van der Waals surface area contributed by atoms with Crippen molar-refractivity contribution >= 4 is 15.9 Å². The second-order valence-corrected chi connectivity index (χ2v) is 7.90. The molecule has 1 N–H and O–H groups in total. The first-order chi connectivity index (χ1) is 10.8. The van der Waals surface area contributed by atoms with Gasteiger partial charge in [0.15, 0.2) is 0 Å². The molecule has 1 aromatic carbocycles. The molecule has 0 radical (unpaired) electrons. The molecule has 2 rings (SSSR count). The number of sulfonamides is 1. The molecule has 8 heteroatoms. The second kappa shape index (κ2) is 7.37. The van der Waals surface area contributed by atoms with Crippen LogP contribution < -0.4 is 5.32 Å². The molecule has 1 aromatic rings. The summed E-state index contributed by atoms with van der Waals surface area (Å²) in [7, 11) is -0.434. The van der Waals surface area contributed by atoms with E-state index >= 15 is 0 Å². The third kappa shape index (κ3) is 4.73. The van der Waals surface area contributed by atoms with Gasteiger partial charge in [-0.05, 0) is 57.2 Å². The van der Waals surface area contributed by atoms with Crippen LogP contribution in [-0.4, -0.2) is 63.3 Å². The number of hydrogen-bond donors (Lipinski definition) is 1. The lowest BCUT2D eigenvalue weighted by atomic mass is 10.1. The number of likely N-dealkylation sites (tertiary alicyclic amines) is 1. The lowest BCUT2D eigenvalue weighted by Crippen LogP contribution is -2.46. The number of halogens is 1. The number of hydrogen-bond acceptors (Lipinski definition) is 4. The lowest BCUT2D eigenvalue weighted by Gasteiger charge is -2.29. The lowest BCUT2D eigenvalue weighted by molar-refractivity contribution is -0.122. The number of benzene rings is 1.